The summed E-state index contributed by atoms with van der Waals surface area (Å²) in [4.78, 5) is 13.0. The summed E-state index contributed by atoms with van der Waals surface area (Å²) < 4.78 is 39.3. The maximum absolute atomic E-state index is 11.9. The van der Waals surface area contributed by atoms with Crippen LogP contribution in [0.2, 0.25) is 0 Å². The molecule has 0 saturated heterocycles. The third-order valence-electron chi connectivity index (χ3n) is 1.69. The van der Waals surface area contributed by atoms with Crippen LogP contribution < -0.4 is 16.2 Å². The van der Waals surface area contributed by atoms with E-state index in [4.69, 9.17) is 11.5 Å². The molecular weight excluding hydrogens is 245 g/mol. The van der Waals surface area contributed by atoms with Crippen molar-refractivity contribution in [1.82, 2.24) is 4.98 Å². The summed E-state index contributed by atoms with van der Waals surface area (Å²) >= 11 is 0. The topological polar surface area (TPSA) is 117 Å². The number of rotatable bonds is 3. The van der Waals surface area contributed by atoms with E-state index in [0.717, 1.165) is 0 Å². The molecule has 0 aliphatic heterocycles. The van der Waals surface area contributed by atoms with E-state index < -0.39 is 28.5 Å². The molecule has 0 aliphatic carbocycles. The van der Waals surface area contributed by atoms with Gasteiger partial charge in [0.25, 0.3) is 5.69 Å². The average molecular weight is 252 g/mol. The molecule has 1 rings (SSSR count). The number of anilines is 1. The first-order chi connectivity index (χ1) is 7.74. The molecular formula is C7H7F3N4O3. The Kier molecular flexibility index (Phi) is 3.36. The SMILES string of the molecule is NCc1nc(N)c(OC(F)(F)F)cc1[N+](=O)[O-]. The highest BCUT2D eigenvalue weighted by Crippen LogP contribution is 2.31. The van der Waals surface area contributed by atoms with Gasteiger partial charge in [0.05, 0.1) is 11.0 Å². The largest absolute Gasteiger partial charge is 0.573 e. The summed E-state index contributed by atoms with van der Waals surface area (Å²) in [6, 6.07) is 0.540. The van der Waals surface area contributed by atoms with Crippen molar-refractivity contribution >= 4 is 11.5 Å². The van der Waals surface area contributed by atoms with Crippen molar-refractivity contribution in [2.45, 2.75) is 12.9 Å². The molecule has 7 nitrogen and oxygen atoms in total. The van der Waals surface area contributed by atoms with Gasteiger partial charge in [-0.2, -0.15) is 0 Å². The summed E-state index contributed by atoms with van der Waals surface area (Å²) in [6.07, 6.45) is -5.01. The third kappa shape index (κ3) is 3.17. The van der Waals surface area contributed by atoms with Gasteiger partial charge in [-0.15, -0.1) is 13.2 Å². The van der Waals surface area contributed by atoms with Gasteiger partial charge < -0.3 is 16.2 Å². The van der Waals surface area contributed by atoms with E-state index in [-0.39, 0.29) is 12.2 Å². The highest BCUT2D eigenvalue weighted by Gasteiger charge is 2.33. The Morgan fingerprint density at radius 1 is 1.53 bits per heavy atom. The zero-order chi connectivity index (χ0) is 13.2. The van der Waals surface area contributed by atoms with Crippen LogP contribution in [0.15, 0.2) is 6.07 Å². The van der Waals surface area contributed by atoms with Crippen molar-refractivity contribution in [3.63, 3.8) is 0 Å². The third-order valence-corrected chi connectivity index (χ3v) is 1.69. The molecule has 0 saturated carbocycles. The smallest absolute Gasteiger partial charge is 0.402 e. The van der Waals surface area contributed by atoms with E-state index in [2.05, 4.69) is 9.72 Å². The molecule has 10 heteroatoms. The van der Waals surface area contributed by atoms with E-state index in [1.165, 1.54) is 0 Å². The zero-order valence-corrected chi connectivity index (χ0v) is 8.19. The van der Waals surface area contributed by atoms with Gasteiger partial charge in [0.1, 0.15) is 5.69 Å². The number of hydrogen-bond acceptors (Lipinski definition) is 6. The maximum atomic E-state index is 11.9. The first-order valence-electron chi connectivity index (χ1n) is 4.14. The average Bonchev–Trinajstić information content (AvgIpc) is 2.18. The van der Waals surface area contributed by atoms with Gasteiger partial charge in [-0.05, 0) is 0 Å². The second-order valence-electron chi connectivity index (χ2n) is 2.85. The molecule has 0 fully saturated rings. The van der Waals surface area contributed by atoms with Crippen molar-refractivity contribution in [2.24, 2.45) is 5.73 Å². The van der Waals surface area contributed by atoms with E-state index in [9.17, 15) is 23.3 Å². The number of alkyl halides is 3. The van der Waals surface area contributed by atoms with E-state index in [0.29, 0.717) is 6.07 Å². The lowest BCUT2D eigenvalue weighted by atomic mass is 10.3. The summed E-state index contributed by atoms with van der Waals surface area (Å²) in [5.41, 5.74) is 9.41. The molecule has 0 amide bonds. The molecule has 1 aromatic heterocycles. The number of nitro groups is 1. The minimum absolute atomic E-state index is 0.220. The fraction of sp³-hybridized carbons (Fsp3) is 0.286. The van der Waals surface area contributed by atoms with Gasteiger partial charge in [-0.25, -0.2) is 4.98 Å². The van der Waals surface area contributed by atoms with Gasteiger partial charge in [-0.3, -0.25) is 10.1 Å². The number of nitrogens with two attached hydrogens (primary N) is 2. The molecule has 4 N–H and O–H groups in total. The van der Waals surface area contributed by atoms with Crippen LogP contribution >= 0.6 is 0 Å². The molecule has 0 aromatic carbocycles. The lowest BCUT2D eigenvalue weighted by Crippen LogP contribution is -2.19. The molecule has 0 bridgehead atoms. The molecule has 0 radical (unpaired) electrons. The first kappa shape index (κ1) is 13.0. The number of ether oxygens (including phenoxy) is 1. The number of aromatic nitrogens is 1. The zero-order valence-electron chi connectivity index (χ0n) is 8.19. The van der Waals surface area contributed by atoms with Crippen LogP contribution in [-0.2, 0) is 6.54 Å². The van der Waals surface area contributed by atoms with Crippen LogP contribution in [0.3, 0.4) is 0 Å². The predicted molar refractivity (Wildman–Crippen MR) is 49.9 cm³/mol. The van der Waals surface area contributed by atoms with Gasteiger partial charge in [0.15, 0.2) is 11.6 Å². The molecule has 94 valence electrons. The standard InChI is InChI=1S/C7H7F3N4O3/c8-7(9,10)17-5-1-4(14(15)16)3(2-11)13-6(5)12/h1H,2,11H2,(H2,12,13). The number of nitrogens with zero attached hydrogens (tertiary/aromatic N) is 2. The number of nitrogen functional groups attached to an aromatic ring is 1. The second-order valence-corrected chi connectivity index (χ2v) is 2.85. The fourth-order valence-electron chi connectivity index (χ4n) is 1.05. The van der Waals surface area contributed by atoms with E-state index in [1.807, 2.05) is 0 Å². The lowest BCUT2D eigenvalue weighted by molar-refractivity contribution is -0.386. The van der Waals surface area contributed by atoms with Crippen LogP contribution in [0.25, 0.3) is 0 Å². The highest BCUT2D eigenvalue weighted by molar-refractivity contribution is 5.54. The fourth-order valence-corrected chi connectivity index (χ4v) is 1.05. The Morgan fingerprint density at radius 2 is 2.12 bits per heavy atom. The van der Waals surface area contributed by atoms with Crippen molar-refractivity contribution < 1.29 is 22.8 Å². The summed E-state index contributed by atoms with van der Waals surface area (Å²) in [6.45, 7) is -0.327. The molecule has 0 aliphatic rings. The molecule has 0 spiro atoms. The van der Waals surface area contributed by atoms with Gasteiger partial charge in [0.2, 0.25) is 0 Å². The highest BCUT2D eigenvalue weighted by atomic mass is 19.4. The van der Waals surface area contributed by atoms with Crippen LogP contribution in [0, 0.1) is 10.1 Å². The van der Waals surface area contributed by atoms with Crippen LogP contribution in [0.4, 0.5) is 24.7 Å². The van der Waals surface area contributed by atoms with Crippen LogP contribution in [0.5, 0.6) is 5.75 Å². The molecule has 0 atom stereocenters. The Hall–Kier alpha value is -2.10. The summed E-state index contributed by atoms with van der Waals surface area (Å²) in [5.74, 6) is -1.55. The minimum atomic E-state index is -5.01. The maximum Gasteiger partial charge on any atom is 0.573 e. The quantitative estimate of drug-likeness (QED) is 0.610. The lowest BCUT2D eigenvalue weighted by Gasteiger charge is -2.11. The van der Waals surface area contributed by atoms with Crippen LogP contribution in [-0.4, -0.2) is 16.3 Å². The predicted octanol–water partition coefficient (Wildman–Crippen LogP) is 0.929. The van der Waals surface area contributed by atoms with E-state index >= 15 is 0 Å². The second kappa shape index (κ2) is 4.41. The molecule has 1 aromatic rings. The van der Waals surface area contributed by atoms with E-state index in [1.54, 1.807) is 0 Å². The Labute approximate surface area is 92.3 Å². The van der Waals surface area contributed by atoms with Gasteiger partial charge >= 0.3 is 6.36 Å². The van der Waals surface area contributed by atoms with Crippen molar-refractivity contribution in [3.8, 4) is 5.75 Å². The van der Waals surface area contributed by atoms with Gasteiger partial charge in [-0.1, -0.05) is 0 Å². The van der Waals surface area contributed by atoms with Crippen molar-refractivity contribution in [2.75, 3.05) is 5.73 Å². The normalized spacial score (nSPS) is 11.3. The summed E-state index contributed by atoms with van der Waals surface area (Å²) in [5, 5.41) is 10.5. The van der Waals surface area contributed by atoms with Crippen molar-refractivity contribution in [3.05, 3.63) is 21.9 Å². The molecule has 1 heterocycles. The molecule has 17 heavy (non-hydrogen) atoms. The summed E-state index contributed by atoms with van der Waals surface area (Å²) in [7, 11) is 0. The molecule has 0 unspecified atom stereocenters. The Morgan fingerprint density at radius 3 is 2.53 bits per heavy atom. The van der Waals surface area contributed by atoms with Crippen LogP contribution in [0.1, 0.15) is 5.69 Å². The number of hydrogen-bond donors (Lipinski definition) is 2. The minimum Gasteiger partial charge on any atom is -0.402 e. The van der Waals surface area contributed by atoms with Crippen molar-refractivity contribution in [1.29, 1.82) is 0 Å². The Bertz CT molecular complexity index is 449. The number of pyridine rings is 1. The Balaban J connectivity index is 3.25. The van der Waals surface area contributed by atoms with Gasteiger partial charge in [0, 0.05) is 6.54 Å². The number of halogens is 3. The monoisotopic (exact) mass is 252 g/mol. The first-order valence-corrected chi connectivity index (χ1v) is 4.14.